The van der Waals surface area contributed by atoms with Gasteiger partial charge < -0.3 is 20.5 Å². The van der Waals surface area contributed by atoms with E-state index in [0.29, 0.717) is 17.5 Å². The van der Waals surface area contributed by atoms with Crippen LogP contribution in [0, 0.1) is 18.3 Å². The average Bonchev–Trinajstić information content (AvgIpc) is 2.74. The third-order valence-corrected chi connectivity index (χ3v) is 5.07. The number of hydrogen-bond donors (Lipinski definition) is 2. The lowest BCUT2D eigenvalue weighted by molar-refractivity contribution is 0.102. The predicted octanol–water partition coefficient (Wildman–Crippen LogP) is 1.90. The number of amides is 1. The van der Waals surface area contributed by atoms with Gasteiger partial charge in [0.15, 0.2) is 11.8 Å². The van der Waals surface area contributed by atoms with Crippen LogP contribution in [0.5, 0.6) is 5.88 Å². The van der Waals surface area contributed by atoms with Crippen LogP contribution in [0.1, 0.15) is 23.0 Å². The topological polar surface area (TPSA) is 125 Å². The second-order valence-electron chi connectivity index (χ2n) is 6.58. The minimum atomic E-state index is -0.650. The summed E-state index contributed by atoms with van der Waals surface area (Å²) < 4.78 is 24.2. The number of aliphatic imine (C=N–C) groups is 1. The van der Waals surface area contributed by atoms with Gasteiger partial charge in [-0.2, -0.15) is 4.39 Å². The first-order chi connectivity index (χ1) is 14.8. The predicted molar refractivity (Wildman–Crippen MR) is 118 cm³/mol. The number of hydrogen-bond acceptors (Lipinski definition) is 8. The summed E-state index contributed by atoms with van der Waals surface area (Å²) in [5, 5.41) is 2.98. The number of carbonyl (C=O) groups excluding carboxylic acids is 1. The summed E-state index contributed by atoms with van der Waals surface area (Å²) >= 11 is 1.28. The van der Waals surface area contributed by atoms with E-state index in [0.717, 1.165) is 0 Å². The van der Waals surface area contributed by atoms with E-state index in [9.17, 15) is 9.18 Å². The molecule has 2 aromatic rings. The van der Waals surface area contributed by atoms with E-state index in [4.69, 9.17) is 21.6 Å². The van der Waals surface area contributed by atoms with Crippen molar-refractivity contribution >= 4 is 28.5 Å². The largest absolute Gasteiger partial charge is 0.463 e. The highest BCUT2D eigenvalue weighted by Crippen LogP contribution is 2.31. The number of anilines is 1. The fourth-order valence-corrected chi connectivity index (χ4v) is 3.63. The number of halogens is 1. The molecule has 0 radical (unpaired) electrons. The van der Waals surface area contributed by atoms with Crippen LogP contribution < -0.4 is 15.8 Å². The molecule has 31 heavy (non-hydrogen) atoms. The number of thioether (sulfide) groups is 1. The van der Waals surface area contributed by atoms with Gasteiger partial charge in [0.05, 0.1) is 30.9 Å². The van der Waals surface area contributed by atoms with Crippen LogP contribution in [-0.4, -0.2) is 58.1 Å². The molecular formula is C20H23FN6O3S. The van der Waals surface area contributed by atoms with Crippen LogP contribution in [0.2, 0.25) is 0 Å². The van der Waals surface area contributed by atoms with Gasteiger partial charge in [-0.1, -0.05) is 17.7 Å². The minimum Gasteiger partial charge on any atom is -0.463 e. The van der Waals surface area contributed by atoms with Crippen molar-refractivity contribution < 1.29 is 18.7 Å². The number of nitrogens with zero attached hydrogens (tertiary/aromatic N) is 4. The molecule has 0 aliphatic carbocycles. The van der Waals surface area contributed by atoms with E-state index in [1.54, 1.807) is 14.2 Å². The smallest absolute Gasteiger partial charge is 0.275 e. The van der Waals surface area contributed by atoms with E-state index < -0.39 is 16.6 Å². The lowest BCUT2D eigenvalue weighted by Gasteiger charge is -2.28. The number of nitrogens with one attached hydrogen (secondary N) is 1. The molecule has 0 unspecified atom stereocenters. The number of methoxy groups -OCH3 is 1. The molecule has 3 N–H and O–H groups in total. The molecule has 2 heterocycles. The number of terminal acetylenes is 1. The zero-order valence-corrected chi connectivity index (χ0v) is 18.2. The first-order valence-corrected chi connectivity index (χ1v) is 9.86. The standard InChI is InChI=1S/C20H23FN6O3S/c1-5-6-30-16-11-24-15(10-25-16)18(28)27-14-7-13(17(21)26-9-14)8-20(2,12-29-4)31-19(22)23-3/h1,7,9-11H,6,8,12H2,2-4H3,(H2,22,23)(H,27,28)/t20-/m1/s1. The van der Waals surface area contributed by atoms with Crippen LogP contribution in [0.4, 0.5) is 10.1 Å². The van der Waals surface area contributed by atoms with Crippen LogP contribution >= 0.6 is 11.8 Å². The number of pyridine rings is 1. The zero-order chi connectivity index (χ0) is 22.9. The second kappa shape index (κ2) is 11.2. The summed E-state index contributed by atoms with van der Waals surface area (Å²) in [7, 11) is 3.12. The Morgan fingerprint density at radius 1 is 1.39 bits per heavy atom. The molecule has 9 nitrogen and oxygen atoms in total. The maximum absolute atomic E-state index is 14.4. The average molecular weight is 447 g/mol. The van der Waals surface area contributed by atoms with E-state index in [1.807, 2.05) is 6.92 Å². The molecule has 0 aliphatic rings. The normalized spacial score (nSPS) is 13.2. The Morgan fingerprint density at radius 2 is 2.16 bits per heavy atom. The Hall–Kier alpha value is -3.23. The van der Waals surface area contributed by atoms with E-state index >= 15 is 0 Å². The molecular weight excluding hydrogens is 423 g/mol. The number of aromatic nitrogens is 3. The van der Waals surface area contributed by atoms with Gasteiger partial charge in [-0.05, 0) is 19.4 Å². The highest BCUT2D eigenvalue weighted by molar-refractivity contribution is 8.15. The highest BCUT2D eigenvalue weighted by atomic mass is 32.2. The number of rotatable bonds is 9. The first kappa shape index (κ1) is 24.0. The summed E-state index contributed by atoms with van der Waals surface area (Å²) in [5.74, 6) is 1.32. The van der Waals surface area contributed by atoms with Gasteiger partial charge >= 0.3 is 0 Å². The van der Waals surface area contributed by atoms with Crippen LogP contribution in [0.3, 0.4) is 0 Å². The Bertz CT molecular complexity index is 980. The van der Waals surface area contributed by atoms with Crippen molar-refractivity contribution in [3.8, 4) is 18.2 Å². The Balaban J connectivity index is 2.16. The van der Waals surface area contributed by atoms with Gasteiger partial charge in [0.25, 0.3) is 5.91 Å². The van der Waals surface area contributed by atoms with Gasteiger partial charge in [0.1, 0.15) is 5.69 Å². The SMILES string of the molecule is C#CCOc1cnc(C(=O)Nc2cnc(F)c(C[C@](C)(COC)S/C(N)=N\C)c2)cn1. The summed E-state index contributed by atoms with van der Waals surface area (Å²) in [5.41, 5.74) is 6.48. The van der Waals surface area contributed by atoms with Gasteiger partial charge in [-0.15, -0.1) is 6.42 Å². The molecule has 1 amide bonds. The molecule has 0 aliphatic heterocycles. The molecule has 11 heteroatoms. The Morgan fingerprint density at radius 3 is 2.77 bits per heavy atom. The van der Waals surface area contributed by atoms with Crippen molar-refractivity contribution in [2.45, 2.75) is 18.1 Å². The maximum atomic E-state index is 14.4. The molecule has 164 valence electrons. The molecule has 0 bridgehead atoms. The minimum absolute atomic E-state index is 0.0419. The van der Waals surface area contributed by atoms with E-state index in [1.165, 1.54) is 36.4 Å². The summed E-state index contributed by atoms with van der Waals surface area (Å²) in [4.78, 5) is 28.1. The molecule has 0 spiro atoms. The first-order valence-electron chi connectivity index (χ1n) is 9.04. The van der Waals surface area contributed by atoms with Gasteiger partial charge in [0, 0.05) is 24.5 Å². The Kier molecular flexibility index (Phi) is 8.72. The lowest BCUT2D eigenvalue weighted by atomic mass is 10.0. The maximum Gasteiger partial charge on any atom is 0.275 e. The molecule has 0 aromatic carbocycles. The zero-order valence-electron chi connectivity index (χ0n) is 17.4. The van der Waals surface area contributed by atoms with Crippen molar-refractivity contribution in [2.24, 2.45) is 10.7 Å². The van der Waals surface area contributed by atoms with Gasteiger partial charge in [-0.3, -0.25) is 9.79 Å². The van der Waals surface area contributed by atoms with Crippen molar-refractivity contribution in [3.05, 3.63) is 41.9 Å². The summed E-state index contributed by atoms with van der Waals surface area (Å²) in [6.45, 7) is 2.22. The summed E-state index contributed by atoms with van der Waals surface area (Å²) in [6.07, 6.45) is 9.10. The van der Waals surface area contributed by atoms with Crippen LogP contribution in [-0.2, 0) is 11.2 Å². The van der Waals surface area contributed by atoms with Crippen molar-refractivity contribution in [2.75, 3.05) is 32.7 Å². The molecule has 0 fully saturated rings. The van der Waals surface area contributed by atoms with E-state index in [-0.39, 0.29) is 30.2 Å². The lowest BCUT2D eigenvalue weighted by Crippen LogP contribution is -2.33. The summed E-state index contributed by atoms with van der Waals surface area (Å²) in [6, 6.07) is 1.51. The molecule has 2 aromatic heterocycles. The van der Waals surface area contributed by atoms with Crippen LogP contribution in [0.25, 0.3) is 0 Å². The Labute approximate surface area is 184 Å². The second-order valence-corrected chi connectivity index (χ2v) is 8.19. The van der Waals surface area contributed by atoms with Crippen molar-refractivity contribution in [1.82, 2.24) is 15.0 Å². The quantitative estimate of drug-likeness (QED) is 0.259. The monoisotopic (exact) mass is 446 g/mol. The fourth-order valence-electron chi connectivity index (χ4n) is 2.63. The molecule has 0 saturated carbocycles. The third kappa shape index (κ3) is 7.20. The van der Waals surface area contributed by atoms with Crippen LogP contribution in [0.15, 0.2) is 29.6 Å². The van der Waals surface area contributed by atoms with Crippen molar-refractivity contribution in [1.29, 1.82) is 0 Å². The fraction of sp³-hybridized carbons (Fsp3) is 0.350. The highest BCUT2D eigenvalue weighted by Gasteiger charge is 2.29. The van der Waals surface area contributed by atoms with E-state index in [2.05, 4.69) is 31.2 Å². The molecule has 2 rings (SSSR count). The molecule has 0 saturated heterocycles. The third-order valence-electron chi connectivity index (χ3n) is 3.92. The number of nitrogens with two attached hydrogens (primary N) is 1. The van der Waals surface area contributed by atoms with Crippen molar-refractivity contribution in [3.63, 3.8) is 0 Å². The van der Waals surface area contributed by atoms with Gasteiger partial charge in [0.2, 0.25) is 11.8 Å². The number of amidine groups is 1. The molecule has 1 atom stereocenters. The van der Waals surface area contributed by atoms with Gasteiger partial charge in [-0.25, -0.2) is 15.0 Å². The number of carbonyl (C=O) groups is 1. The number of ether oxygens (including phenoxy) is 2.